The van der Waals surface area contributed by atoms with E-state index in [1.807, 2.05) is 24.3 Å². The van der Waals surface area contributed by atoms with Gasteiger partial charge in [-0.1, -0.05) is 59.6 Å². The summed E-state index contributed by atoms with van der Waals surface area (Å²) in [5.74, 6) is -0.605. The van der Waals surface area contributed by atoms with Crippen LogP contribution in [0.2, 0.25) is 10.0 Å². The van der Waals surface area contributed by atoms with Gasteiger partial charge in [0.15, 0.2) is 0 Å². The second-order valence-electron chi connectivity index (χ2n) is 8.28. The lowest BCUT2D eigenvalue weighted by Gasteiger charge is -2.24. The van der Waals surface area contributed by atoms with E-state index < -0.39 is 10.8 Å². The molecule has 2 amide bonds. The van der Waals surface area contributed by atoms with Crippen LogP contribution in [0.5, 0.6) is 0 Å². The average molecular weight is 535 g/mol. The van der Waals surface area contributed by atoms with Gasteiger partial charge in [-0.3, -0.25) is 9.59 Å². The van der Waals surface area contributed by atoms with E-state index in [-0.39, 0.29) is 18.4 Å². The molecule has 5 rings (SSSR count). The molecule has 1 unspecified atom stereocenters. The maximum Gasteiger partial charge on any atom is 0.259 e. The van der Waals surface area contributed by atoms with Crippen molar-refractivity contribution in [2.45, 2.75) is 22.9 Å². The minimum absolute atomic E-state index is 0.202. The number of benzene rings is 4. The van der Waals surface area contributed by atoms with Gasteiger partial charge in [0.05, 0.1) is 38.4 Å². The summed E-state index contributed by atoms with van der Waals surface area (Å²) < 4.78 is 13.5. The molecule has 0 bridgehead atoms. The second-order valence-corrected chi connectivity index (χ2v) is 10.6. The Labute approximate surface area is 221 Å². The largest absolute Gasteiger partial charge is 0.348 e. The molecule has 1 aliphatic heterocycles. The minimum atomic E-state index is -1.60. The fraction of sp³-hybridized carbons (Fsp3) is 0.0714. The van der Waals surface area contributed by atoms with Gasteiger partial charge in [0.2, 0.25) is 0 Å². The van der Waals surface area contributed by atoms with Crippen LogP contribution in [0.1, 0.15) is 31.8 Å². The molecule has 0 aromatic heterocycles. The first-order chi connectivity index (χ1) is 17.4. The SMILES string of the molecule is O=C(NCc1ccc(Cl)cc1)c1ccc2c(c1)N(Cc1cccc(Cl)c1)C(=O)c1ccccc1S2=O. The highest BCUT2D eigenvalue weighted by molar-refractivity contribution is 7.85. The van der Waals surface area contributed by atoms with Gasteiger partial charge in [0, 0.05) is 22.2 Å². The van der Waals surface area contributed by atoms with Crippen molar-refractivity contribution in [3.05, 3.63) is 123 Å². The van der Waals surface area contributed by atoms with Crippen molar-refractivity contribution in [2.75, 3.05) is 4.90 Å². The number of rotatable bonds is 5. The molecule has 4 aromatic carbocycles. The number of halogens is 2. The molecule has 8 heteroatoms. The molecule has 0 fully saturated rings. The lowest BCUT2D eigenvalue weighted by atomic mass is 10.1. The molecule has 0 saturated heterocycles. The van der Waals surface area contributed by atoms with Crippen LogP contribution in [-0.4, -0.2) is 16.0 Å². The summed E-state index contributed by atoms with van der Waals surface area (Å²) >= 11 is 12.1. The van der Waals surface area contributed by atoms with Crippen molar-refractivity contribution in [3.63, 3.8) is 0 Å². The molecule has 180 valence electrons. The van der Waals surface area contributed by atoms with E-state index in [1.165, 1.54) is 0 Å². The van der Waals surface area contributed by atoms with E-state index in [0.717, 1.165) is 11.1 Å². The number of anilines is 1. The summed E-state index contributed by atoms with van der Waals surface area (Å²) in [5, 5.41) is 4.06. The van der Waals surface area contributed by atoms with Crippen LogP contribution in [0.3, 0.4) is 0 Å². The van der Waals surface area contributed by atoms with E-state index >= 15 is 0 Å². The third-order valence-corrected chi connectivity index (χ3v) is 7.86. The highest BCUT2D eigenvalue weighted by atomic mass is 35.5. The lowest BCUT2D eigenvalue weighted by Crippen LogP contribution is -2.31. The zero-order chi connectivity index (χ0) is 25.2. The van der Waals surface area contributed by atoms with E-state index in [9.17, 15) is 13.8 Å². The van der Waals surface area contributed by atoms with E-state index in [1.54, 1.807) is 71.6 Å². The van der Waals surface area contributed by atoms with E-state index in [4.69, 9.17) is 23.2 Å². The molecule has 5 nitrogen and oxygen atoms in total. The summed E-state index contributed by atoms with van der Waals surface area (Å²) in [5.41, 5.74) is 2.85. The molecule has 1 heterocycles. The molecule has 0 saturated carbocycles. The van der Waals surface area contributed by atoms with Gasteiger partial charge in [-0.25, -0.2) is 4.21 Å². The monoisotopic (exact) mass is 534 g/mol. The molecule has 4 aromatic rings. The Balaban J connectivity index is 1.53. The molecule has 1 N–H and O–H groups in total. The maximum absolute atomic E-state index is 13.7. The molecule has 0 aliphatic carbocycles. The highest BCUT2D eigenvalue weighted by Gasteiger charge is 2.31. The Bertz CT molecular complexity index is 1510. The first-order valence-corrected chi connectivity index (χ1v) is 13.0. The van der Waals surface area contributed by atoms with Crippen LogP contribution < -0.4 is 10.2 Å². The number of nitrogens with zero attached hydrogens (tertiary/aromatic N) is 1. The fourth-order valence-electron chi connectivity index (χ4n) is 4.07. The van der Waals surface area contributed by atoms with Crippen LogP contribution in [0, 0.1) is 0 Å². The third kappa shape index (κ3) is 4.93. The number of nitrogens with one attached hydrogen (secondary N) is 1. The predicted molar refractivity (Wildman–Crippen MR) is 142 cm³/mol. The Morgan fingerprint density at radius 2 is 1.58 bits per heavy atom. The number of carbonyl (C=O) groups excluding carboxylic acids is 2. The quantitative estimate of drug-likeness (QED) is 0.329. The average Bonchev–Trinajstić information content (AvgIpc) is 2.97. The predicted octanol–water partition coefficient (Wildman–Crippen LogP) is 6.25. The number of hydrogen-bond acceptors (Lipinski definition) is 3. The lowest BCUT2D eigenvalue weighted by molar-refractivity contribution is 0.0947. The fourth-order valence-corrected chi connectivity index (χ4v) is 5.75. The second kappa shape index (κ2) is 10.3. The molecule has 0 radical (unpaired) electrons. The van der Waals surface area contributed by atoms with Crippen molar-refractivity contribution in [1.29, 1.82) is 0 Å². The van der Waals surface area contributed by atoms with Gasteiger partial charge < -0.3 is 10.2 Å². The van der Waals surface area contributed by atoms with Crippen molar-refractivity contribution >= 4 is 51.5 Å². The maximum atomic E-state index is 13.7. The zero-order valence-corrected chi connectivity index (χ0v) is 21.2. The Kier molecular flexibility index (Phi) is 6.92. The summed E-state index contributed by atoms with van der Waals surface area (Å²) in [6, 6.07) is 26.2. The summed E-state index contributed by atoms with van der Waals surface area (Å²) in [7, 11) is -1.60. The number of carbonyl (C=O) groups is 2. The van der Waals surface area contributed by atoms with Gasteiger partial charge in [0.25, 0.3) is 11.8 Å². The standard InChI is InChI=1S/C28H20Cl2N2O3S/c29-21-11-8-18(9-12-21)16-31-27(33)20-10-13-26-24(15-20)32(17-19-4-3-5-22(30)14-19)28(34)23-6-1-2-7-25(23)36(26)35/h1-15H,16-17H2,(H,31,33). The van der Waals surface area contributed by atoms with Crippen LogP contribution in [0.15, 0.2) is 101 Å². The van der Waals surface area contributed by atoms with Crippen molar-refractivity contribution < 1.29 is 13.8 Å². The third-order valence-electron chi connectivity index (χ3n) is 5.87. The molecule has 0 spiro atoms. The van der Waals surface area contributed by atoms with Gasteiger partial charge in [-0.05, 0) is 65.7 Å². The zero-order valence-electron chi connectivity index (χ0n) is 18.9. The van der Waals surface area contributed by atoms with Gasteiger partial charge in [0.1, 0.15) is 0 Å². The Morgan fingerprint density at radius 3 is 2.36 bits per heavy atom. The van der Waals surface area contributed by atoms with E-state index in [2.05, 4.69) is 5.32 Å². The molecular formula is C28H20Cl2N2O3S. The van der Waals surface area contributed by atoms with Crippen LogP contribution in [0.25, 0.3) is 0 Å². The summed E-state index contributed by atoms with van der Waals surface area (Å²) in [6.45, 7) is 0.517. The Hall–Kier alpha value is -3.45. The van der Waals surface area contributed by atoms with Crippen molar-refractivity contribution in [1.82, 2.24) is 5.32 Å². The number of hydrogen-bond donors (Lipinski definition) is 1. The molecule has 1 aliphatic rings. The molecule has 36 heavy (non-hydrogen) atoms. The molecular weight excluding hydrogens is 515 g/mol. The summed E-state index contributed by atoms with van der Waals surface area (Å²) in [6.07, 6.45) is 0. The van der Waals surface area contributed by atoms with Crippen LogP contribution in [-0.2, 0) is 23.9 Å². The van der Waals surface area contributed by atoms with Gasteiger partial charge in [-0.15, -0.1) is 0 Å². The van der Waals surface area contributed by atoms with Gasteiger partial charge in [-0.2, -0.15) is 0 Å². The van der Waals surface area contributed by atoms with Crippen LogP contribution in [0.4, 0.5) is 5.69 Å². The minimum Gasteiger partial charge on any atom is -0.348 e. The topological polar surface area (TPSA) is 66.5 Å². The normalized spacial score (nSPS) is 14.6. The molecule has 1 atom stereocenters. The number of fused-ring (bicyclic) bond motifs is 2. The highest BCUT2D eigenvalue weighted by Crippen LogP contribution is 2.36. The van der Waals surface area contributed by atoms with Gasteiger partial charge >= 0.3 is 0 Å². The first kappa shape index (κ1) is 24.3. The first-order valence-electron chi connectivity index (χ1n) is 11.1. The Morgan fingerprint density at radius 1 is 0.806 bits per heavy atom. The van der Waals surface area contributed by atoms with Crippen molar-refractivity contribution in [3.8, 4) is 0 Å². The summed E-state index contributed by atoms with van der Waals surface area (Å²) in [4.78, 5) is 29.2. The smallest absolute Gasteiger partial charge is 0.259 e. The van der Waals surface area contributed by atoms with Crippen LogP contribution >= 0.6 is 23.2 Å². The van der Waals surface area contributed by atoms with E-state index in [0.29, 0.717) is 43.2 Å². The number of amides is 2. The van der Waals surface area contributed by atoms with Crippen molar-refractivity contribution in [2.24, 2.45) is 0 Å².